The van der Waals surface area contributed by atoms with Crippen LogP contribution >= 0.6 is 0 Å². The van der Waals surface area contributed by atoms with E-state index in [4.69, 9.17) is 4.42 Å². The van der Waals surface area contributed by atoms with Crippen molar-refractivity contribution in [2.45, 2.75) is 6.92 Å². The van der Waals surface area contributed by atoms with Crippen LogP contribution in [0.15, 0.2) is 45.9 Å². The fraction of sp³-hybridized carbons (Fsp3) is 0.0769. The van der Waals surface area contributed by atoms with Crippen molar-refractivity contribution in [1.82, 2.24) is 5.43 Å². The molecule has 1 N–H and O–H groups in total. The average molecular weight is 246 g/mol. The first-order chi connectivity index (χ1) is 8.65. The van der Waals surface area contributed by atoms with Gasteiger partial charge in [-0.3, -0.25) is 4.79 Å². The number of nitrogens with zero attached hydrogens (tertiary/aromatic N) is 1. The maximum absolute atomic E-state index is 12.9. The van der Waals surface area contributed by atoms with Crippen LogP contribution in [0, 0.1) is 12.7 Å². The van der Waals surface area contributed by atoms with E-state index in [-0.39, 0.29) is 11.6 Å². The summed E-state index contributed by atoms with van der Waals surface area (Å²) in [5.74, 6) is 0.0286. The van der Waals surface area contributed by atoms with E-state index < -0.39 is 5.91 Å². The number of hydrogen-bond acceptors (Lipinski definition) is 3. The second kappa shape index (κ2) is 5.27. The zero-order valence-corrected chi connectivity index (χ0v) is 9.68. The number of amides is 1. The third-order valence-electron chi connectivity index (χ3n) is 2.19. The van der Waals surface area contributed by atoms with E-state index in [1.54, 1.807) is 31.2 Å². The van der Waals surface area contributed by atoms with Crippen LogP contribution in [0.5, 0.6) is 0 Å². The van der Waals surface area contributed by atoms with Gasteiger partial charge in [-0.05, 0) is 36.8 Å². The molecule has 0 spiro atoms. The Kier molecular flexibility index (Phi) is 3.52. The van der Waals surface area contributed by atoms with Gasteiger partial charge in [0.15, 0.2) is 5.76 Å². The van der Waals surface area contributed by atoms with Crippen molar-refractivity contribution in [2.75, 3.05) is 0 Å². The molecule has 0 atom stereocenters. The first kappa shape index (κ1) is 12.0. The van der Waals surface area contributed by atoms with Crippen LogP contribution < -0.4 is 5.43 Å². The molecule has 4 nitrogen and oxygen atoms in total. The number of aryl methyl sites for hydroxylation is 1. The number of carbonyl (C=O) groups excluding carboxylic acids is 1. The first-order valence-corrected chi connectivity index (χ1v) is 5.30. The Bertz CT molecular complexity index is 590. The topological polar surface area (TPSA) is 54.6 Å². The lowest BCUT2D eigenvalue weighted by Gasteiger charge is -1.96. The molecule has 1 aromatic heterocycles. The van der Waals surface area contributed by atoms with E-state index in [0.29, 0.717) is 11.3 Å². The van der Waals surface area contributed by atoms with Gasteiger partial charge in [0.05, 0.1) is 6.21 Å². The summed E-state index contributed by atoms with van der Waals surface area (Å²) in [4.78, 5) is 11.5. The fourth-order valence-electron chi connectivity index (χ4n) is 1.36. The summed E-state index contributed by atoms with van der Waals surface area (Å²) >= 11 is 0. The van der Waals surface area contributed by atoms with Crippen molar-refractivity contribution in [3.8, 4) is 0 Å². The Hall–Kier alpha value is -2.43. The van der Waals surface area contributed by atoms with Gasteiger partial charge in [-0.1, -0.05) is 12.1 Å². The molecule has 1 aromatic carbocycles. The summed E-state index contributed by atoms with van der Waals surface area (Å²) in [7, 11) is 0. The molecule has 0 bridgehead atoms. The Morgan fingerprint density at radius 1 is 1.39 bits per heavy atom. The molecule has 0 aliphatic carbocycles. The van der Waals surface area contributed by atoms with Crippen LogP contribution in [0.3, 0.4) is 0 Å². The van der Waals surface area contributed by atoms with Crippen molar-refractivity contribution in [2.24, 2.45) is 5.10 Å². The predicted octanol–water partition coefficient (Wildman–Crippen LogP) is 2.49. The second-order valence-electron chi connectivity index (χ2n) is 3.66. The summed E-state index contributed by atoms with van der Waals surface area (Å²) in [5.41, 5.74) is 2.86. The number of hydrogen-bond donors (Lipinski definition) is 1. The summed E-state index contributed by atoms with van der Waals surface area (Å²) in [5, 5.41) is 3.72. The van der Waals surface area contributed by atoms with Crippen molar-refractivity contribution < 1.29 is 13.6 Å². The standard InChI is InChI=1S/C13H11FN2O2/c1-9-5-6-12(18-9)13(17)16-15-8-10-3-2-4-11(14)7-10/h2-8H,1H3,(H,16,17). The molecule has 0 aliphatic heterocycles. The number of nitrogens with one attached hydrogen (secondary N) is 1. The highest BCUT2D eigenvalue weighted by molar-refractivity contribution is 5.92. The van der Waals surface area contributed by atoms with Gasteiger partial charge in [0.25, 0.3) is 0 Å². The Labute approximate surface area is 103 Å². The van der Waals surface area contributed by atoms with Gasteiger partial charge < -0.3 is 4.42 Å². The van der Waals surface area contributed by atoms with Crippen LogP contribution in [0.1, 0.15) is 21.9 Å². The third-order valence-corrected chi connectivity index (χ3v) is 2.19. The maximum Gasteiger partial charge on any atom is 0.307 e. The molecule has 18 heavy (non-hydrogen) atoms. The molecular formula is C13H11FN2O2. The molecule has 0 saturated carbocycles. The minimum Gasteiger partial charge on any atom is -0.456 e. The van der Waals surface area contributed by atoms with Gasteiger partial charge >= 0.3 is 5.91 Å². The van der Waals surface area contributed by atoms with E-state index in [1.165, 1.54) is 18.3 Å². The van der Waals surface area contributed by atoms with E-state index in [0.717, 1.165) is 0 Å². The van der Waals surface area contributed by atoms with Crippen LogP contribution in [0.25, 0.3) is 0 Å². The molecule has 0 aliphatic rings. The first-order valence-electron chi connectivity index (χ1n) is 5.30. The predicted molar refractivity (Wildman–Crippen MR) is 64.9 cm³/mol. The Morgan fingerprint density at radius 3 is 2.89 bits per heavy atom. The van der Waals surface area contributed by atoms with E-state index in [2.05, 4.69) is 10.5 Å². The smallest absolute Gasteiger partial charge is 0.307 e. The normalized spacial score (nSPS) is 10.8. The minimum absolute atomic E-state index is 0.184. The van der Waals surface area contributed by atoms with Crippen LogP contribution in [-0.2, 0) is 0 Å². The van der Waals surface area contributed by atoms with Gasteiger partial charge in [-0.15, -0.1) is 0 Å². The van der Waals surface area contributed by atoms with Crippen molar-refractivity contribution in [3.63, 3.8) is 0 Å². The molecule has 92 valence electrons. The van der Waals surface area contributed by atoms with E-state index >= 15 is 0 Å². The Morgan fingerprint density at radius 2 is 2.22 bits per heavy atom. The van der Waals surface area contributed by atoms with Gasteiger partial charge in [-0.2, -0.15) is 5.10 Å². The molecule has 0 radical (unpaired) electrons. The van der Waals surface area contributed by atoms with Crippen LogP contribution in [0.2, 0.25) is 0 Å². The van der Waals surface area contributed by atoms with Gasteiger partial charge in [0.1, 0.15) is 11.6 Å². The van der Waals surface area contributed by atoms with Gasteiger partial charge in [-0.25, -0.2) is 9.82 Å². The zero-order valence-electron chi connectivity index (χ0n) is 9.68. The molecule has 0 unspecified atom stereocenters. The van der Waals surface area contributed by atoms with Gasteiger partial charge in [0.2, 0.25) is 0 Å². The van der Waals surface area contributed by atoms with Crippen molar-refractivity contribution in [3.05, 3.63) is 59.3 Å². The third kappa shape index (κ3) is 3.04. The van der Waals surface area contributed by atoms with Crippen LogP contribution in [0.4, 0.5) is 4.39 Å². The SMILES string of the molecule is Cc1ccc(C(=O)NN=Cc2cccc(F)c2)o1. The monoisotopic (exact) mass is 246 g/mol. The minimum atomic E-state index is -0.448. The molecule has 5 heteroatoms. The number of benzene rings is 1. The number of halogens is 1. The number of rotatable bonds is 3. The highest BCUT2D eigenvalue weighted by atomic mass is 19.1. The summed E-state index contributed by atoms with van der Waals surface area (Å²) in [6, 6.07) is 9.13. The van der Waals surface area contributed by atoms with Gasteiger partial charge in [0, 0.05) is 0 Å². The number of hydrazone groups is 1. The largest absolute Gasteiger partial charge is 0.456 e. The maximum atomic E-state index is 12.9. The summed E-state index contributed by atoms with van der Waals surface area (Å²) < 4.78 is 18.0. The van der Waals surface area contributed by atoms with E-state index in [1.807, 2.05) is 0 Å². The molecular weight excluding hydrogens is 235 g/mol. The lowest BCUT2D eigenvalue weighted by Crippen LogP contribution is -2.16. The molecule has 0 saturated heterocycles. The molecule has 2 rings (SSSR count). The average Bonchev–Trinajstić information content (AvgIpc) is 2.76. The quantitative estimate of drug-likeness (QED) is 0.668. The fourth-order valence-corrected chi connectivity index (χ4v) is 1.36. The highest BCUT2D eigenvalue weighted by Crippen LogP contribution is 2.05. The molecule has 0 fully saturated rings. The molecule has 1 heterocycles. The molecule has 1 amide bonds. The highest BCUT2D eigenvalue weighted by Gasteiger charge is 2.07. The van der Waals surface area contributed by atoms with Crippen molar-refractivity contribution >= 4 is 12.1 Å². The van der Waals surface area contributed by atoms with Crippen molar-refractivity contribution in [1.29, 1.82) is 0 Å². The number of furan rings is 1. The summed E-state index contributed by atoms with van der Waals surface area (Å²) in [6.45, 7) is 1.74. The molecule has 2 aromatic rings. The Balaban J connectivity index is 1.97. The summed E-state index contributed by atoms with van der Waals surface area (Å²) in [6.07, 6.45) is 1.36. The van der Waals surface area contributed by atoms with Crippen LogP contribution in [-0.4, -0.2) is 12.1 Å². The number of carbonyl (C=O) groups is 1. The second-order valence-corrected chi connectivity index (χ2v) is 3.66. The lowest BCUT2D eigenvalue weighted by molar-refractivity contribution is 0.0926. The lowest BCUT2D eigenvalue weighted by atomic mass is 10.2. The zero-order chi connectivity index (χ0) is 13.0. The van der Waals surface area contributed by atoms with E-state index in [9.17, 15) is 9.18 Å².